The third-order valence-electron chi connectivity index (χ3n) is 5.20. The Morgan fingerprint density at radius 1 is 1.39 bits per heavy atom. The maximum atomic E-state index is 13.0. The number of aryl methyl sites for hydroxylation is 2. The first kappa shape index (κ1) is 19.0. The summed E-state index contributed by atoms with van der Waals surface area (Å²) in [5.74, 6) is 1.39. The van der Waals surface area contributed by atoms with Crippen LogP contribution in [0.25, 0.3) is 10.9 Å². The van der Waals surface area contributed by atoms with E-state index >= 15 is 0 Å². The van der Waals surface area contributed by atoms with Gasteiger partial charge in [0.1, 0.15) is 18.3 Å². The Hall–Kier alpha value is -2.32. The molecule has 0 spiro atoms. The molecule has 1 aliphatic rings. The summed E-state index contributed by atoms with van der Waals surface area (Å²) in [6.45, 7) is 5.85. The molecule has 3 heterocycles. The second-order valence-electron chi connectivity index (χ2n) is 7.05. The summed E-state index contributed by atoms with van der Waals surface area (Å²) >= 11 is 3.64. The lowest BCUT2D eigenvalue weighted by Gasteiger charge is -2.27. The van der Waals surface area contributed by atoms with Crippen LogP contribution in [0.15, 0.2) is 22.9 Å². The van der Waals surface area contributed by atoms with E-state index in [2.05, 4.69) is 30.4 Å². The first-order valence-electron chi connectivity index (χ1n) is 9.21. The highest BCUT2D eigenvalue weighted by Gasteiger charge is 2.30. The van der Waals surface area contributed by atoms with E-state index < -0.39 is 0 Å². The predicted octanol–water partition coefficient (Wildman–Crippen LogP) is 3.45. The van der Waals surface area contributed by atoms with Gasteiger partial charge in [0.15, 0.2) is 0 Å². The highest BCUT2D eigenvalue weighted by molar-refractivity contribution is 9.10. The molecule has 0 unspecified atom stereocenters. The van der Waals surface area contributed by atoms with E-state index in [9.17, 15) is 4.79 Å². The minimum Gasteiger partial charge on any atom is -0.477 e. The van der Waals surface area contributed by atoms with Gasteiger partial charge >= 0.3 is 5.97 Å². The monoisotopic (exact) mass is 446 g/mol. The number of benzene rings is 1. The van der Waals surface area contributed by atoms with Gasteiger partial charge in [0.2, 0.25) is 0 Å². The number of hydrogen-bond donors (Lipinski definition) is 0. The molecule has 0 fully saturated rings. The second-order valence-corrected chi connectivity index (χ2v) is 7.91. The molecule has 0 amide bonds. The Labute approximate surface area is 172 Å². The van der Waals surface area contributed by atoms with E-state index in [4.69, 9.17) is 9.47 Å². The Bertz CT molecular complexity index is 1070. The molecule has 0 saturated heterocycles. The van der Waals surface area contributed by atoms with Gasteiger partial charge in [-0.2, -0.15) is 0 Å². The molecule has 8 heteroatoms. The molecule has 0 N–H and O–H groups in total. The third-order valence-corrected chi connectivity index (χ3v) is 5.79. The van der Waals surface area contributed by atoms with Gasteiger partial charge in [-0.25, -0.2) is 9.78 Å². The molecule has 0 saturated carbocycles. The normalized spacial score (nSPS) is 14.2. The lowest BCUT2D eigenvalue weighted by Crippen LogP contribution is -2.28. The second kappa shape index (κ2) is 7.25. The van der Waals surface area contributed by atoms with Gasteiger partial charge < -0.3 is 18.6 Å². The molecule has 148 valence electrons. The summed E-state index contributed by atoms with van der Waals surface area (Å²) in [6.07, 6.45) is 3.69. The molecular formula is C20H23BrN4O3. The fourth-order valence-corrected chi connectivity index (χ4v) is 4.38. The first-order chi connectivity index (χ1) is 13.4. The van der Waals surface area contributed by atoms with E-state index in [0.717, 1.165) is 38.2 Å². The van der Waals surface area contributed by atoms with Crippen molar-refractivity contribution in [2.24, 2.45) is 7.05 Å². The van der Waals surface area contributed by atoms with E-state index in [1.807, 2.05) is 44.8 Å². The van der Waals surface area contributed by atoms with Gasteiger partial charge in [-0.1, -0.05) is 0 Å². The fraction of sp³-hybridized carbons (Fsp3) is 0.400. The topological polar surface area (TPSA) is 61.5 Å². The summed E-state index contributed by atoms with van der Waals surface area (Å²) in [5, 5.41) is 0.901. The number of esters is 1. The molecule has 1 aliphatic heterocycles. The molecular weight excluding hydrogens is 424 g/mol. The summed E-state index contributed by atoms with van der Waals surface area (Å²) in [6, 6.07) is 2.02. The number of imidazole rings is 1. The van der Waals surface area contributed by atoms with Crippen LogP contribution in [0.1, 0.15) is 34.4 Å². The van der Waals surface area contributed by atoms with Crippen LogP contribution in [0.5, 0.6) is 5.75 Å². The molecule has 0 radical (unpaired) electrons. The molecule has 7 nitrogen and oxygen atoms in total. The van der Waals surface area contributed by atoms with Crippen molar-refractivity contribution in [2.75, 3.05) is 20.4 Å². The number of hydrogen-bond acceptors (Lipinski definition) is 5. The number of fused-ring (bicyclic) bond motifs is 3. The minimum absolute atomic E-state index is 0.307. The summed E-state index contributed by atoms with van der Waals surface area (Å²) in [5.41, 5.74) is 3.48. The molecule has 4 rings (SSSR count). The number of rotatable bonds is 4. The molecule has 0 atom stereocenters. The van der Waals surface area contributed by atoms with E-state index in [1.165, 1.54) is 0 Å². The van der Waals surface area contributed by atoms with Crippen molar-refractivity contribution >= 4 is 32.8 Å². The van der Waals surface area contributed by atoms with E-state index in [-0.39, 0.29) is 5.97 Å². The SMILES string of the molecule is CCOC(=O)c1c(Cn2ccnc2C)n(C)c2cc(Br)c3c(c12)CN(C)CO3. The van der Waals surface area contributed by atoms with Crippen LogP contribution < -0.4 is 4.74 Å². The Kier molecular flexibility index (Phi) is 4.93. The average molecular weight is 447 g/mol. The Balaban J connectivity index is 2.01. The standard InChI is InChI=1S/C20H23BrN4O3/c1-5-27-20(26)18-16(10-25-7-6-22-12(25)2)24(4)15-8-14(21)19-13(17(15)18)9-23(3)11-28-19/h6-8H,5,9-11H2,1-4H3. The van der Waals surface area contributed by atoms with Crippen molar-refractivity contribution in [2.45, 2.75) is 26.9 Å². The van der Waals surface area contributed by atoms with Gasteiger partial charge in [0.25, 0.3) is 0 Å². The molecule has 0 aliphatic carbocycles. The Morgan fingerprint density at radius 2 is 2.18 bits per heavy atom. The van der Waals surface area contributed by atoms with Gasteiger partial charge in [0, 0.05) is 36.9 Å². The minimum atomic E-state index is -0.307. The van der Waals surface area contributed by atoms with Crippen LogP contribution in [0, 0.1) is 6.92 Å². The van der Waals surface area contributed by atoms with Crippen molar-refractivity contribution in [3.8, 4) is 5.75 Å². The number of carbonyl (C=O) groups excluding carboxylic acids is 1. The quantitative estimate of drug-likeness (QED) is 0.574. The highest BCUT2D eigenvalue weighted by atomic mass is 79.9. The van der Waals surface area contributed by atoms with Gasteiger partial charge in [-0.15, -0.1) is 0 Å². The molecule has 0 bridgehead atoms. The predicted molar refractivity (Wildman–Crippen MR) is 110 cm³/mol. The number of aromatic nitrogens is 3. The number of carbonyl (C=O) groups is 1. The van der Waals surface area contributed by atoms with E-state index in [1.54, 1.807) is 6.20 Å². The first-order valence-corrected chi connectivity index (χ1v) is 10.0. The molecule has 3 aromatic rings. The number of ether oxygens (including phenoxy) is 2. The Morgan fingerprint density at radius 3 is 2.86 bits per heavy atom. The number of nitrogens with zero attached hydrogens (tertiary/aromatic N) is 4. The van der Waals surface area contributed by atoms with Crippen LogP contribution in [0.4, 0.5) is 0 Å². The van der Waals surface area contributed by atoms with Crippen LogP contribution in [0.3, 0.4) is 0 Å². The molecule has 1 aromatic carbocycles. The fourth-order valence-electron chi connectivity index (χ4n) is 3.81. The lowest BCUT2D eigenvalue weighted by molar-refractivity contribution is 0.0526. The molecule has 28 heavy (non-hydrogen) atoms. The number of halogens is 1. The largest absolute Gasteiger partial charge is 0.477 e. The van der Waals surface area contributed by atoms with Crippen molar-refractivity contribution in [3.63, 3.8) is 0 Å². The summed E-state index contributed by atoms with van der Waals surface area (Å²) in [4.78, 5) is 19.4. The van der Waals surface area contributed by atoms with Crippen molar-refractivity contribution in [1.29, 1.82) is 0 Å². The van der Waals surface area contributed by atoms with Crippen molar-refractivity contribution in [1.82, 2.24) is 19.0 Å². The third kappa shape index (κ3) is 3.00. The van der Waals surface area contributed by atoms with Crippen molar-refractivity contribution < 1.29 is 14.3 Å². The van der Waals surface area contributed by atoms with Crippen LogP contribution >= 0.6 is 15.9 Å². The van der Waals surface area contributed by atoms with Crippen LogP contribution in [0.2, 0.25) is 0 Å². The molecule has 2 aromatic heterocycles. The lowest BCUT2D eigenvalue weighted by atomic mass is 10.0. The van der Waals surface area contributed by atoms with Gasteiger partial charge in [0.05, 0.1) is 34.4 Å². The zero-order chi connectivity index (χ0) is 20.0. The summed E-state index contributed by atoms with van der Waals surface area (Å²) in [7, 11) is 3.98. The van der Waals surface area contributed by atoms with Gasteiger partial charge in [-0.3, -0.25) is 4.90 Å². The van der Waals surface area contributed by atoms with Crippen LogP contribution in [-0.2, 0) is 24.9 Å². The van der Waals surface area contributed by atoms with Gasteiger partial charge in [-0.05, 0) is 42.9 Å². The average Bonchev–Trinajstić information content (AvgIpc) is 3.18. The van der Waals surface area contributed by atoms with Crippen LogP contribution in [-0.4, -0.2) is 45.4 Å². The maximum Gasteiger partial charge on any atom is 0.340 e. The highest BCUT2D eigenvalue weighted by Crippen LogP contribution is 2.42. The van der Waals surface area contributed by atoms with Crippen molar-refractivity contribution in [3.05, 3.63) is 45.6 Å². The smallest absolute Gasteiger partial charge is 0.340 e. The summed E-state index contributed by atoms with van der Waals surface area (Å²) < 4.78 is 16.4. The zero-order valence-corrected chi connectivity index (χ0v) is 18.0. The van der Waals surface area contributed by atoms with E-state index in [0.29, 0.717) is 32.0 Å². The maximum absolute atomic E-state index is 13.0. The zero-order valence-electron chi connectivity index (χ0n) is 16.5.